The summed E-state index contributed by atoms with van der Waals surface area (Å²) in [5, 5.41) is 3.44. The third kappa shape index (κ3) is 2.12. The Morgan fingerprint density at radius 3 is 2.20 bits per heavy atom. The van der Waals surface area contributed by atoms with Gasteiger partial charge in [-0.25, -0.2) is 0 Å². The van der Waals surface area contributed by atoms with E-state index in [0.717, 1.165) is 5.56 Å². The zero-order valence-corrected chi connectivity index (χ0v) is 8.98. The fourth-order valence-corrected chi connectivity index (χ4v) is 1.31. The van der Waals surface area contributed by atoms with Crippen LogP contribution in [0, 0.1) is 0 Å². The van der Waals surface area contributed by atoms with Crippen LogP contribution in [0.25, 0.3) is 0 Å². The lowest BCUT2D eigenvalue weighted by Crippen LogP contribution is -1.99. The summed E-state index contributed by atoms with van der Waals surface area (Å²) in [5.74, 6) is 6.76. The Morgan fingerprint density at radius 1 is 1.07 bits per heavy atom. The normalized spacial score (nSPS) is 10.3. The van der Waals surface area contributed by atoms with Crippen molar-refractivity contribution in [2.24, 2.45) is 10.9 Å². The molecule has 2 N–H and O–H groups in total. The van der Waals surface area contributed by atoms with Gasteiger partial charge in [-0.3, -0.25) is 0 Å². The fourth-order valence-electron chi connectivity index (χ4n) is 1.31. The minimum Gasteiger partial charge on any atom is -0.493 e. The van der Waals surface area contributed by atoms with Gasteiger partial charge in [0.2, 0.25) is 5.75 Å². The molecule has 0 aromatic heterocycles. The van der Waals surface area contributed by atoms with Gasteiger partial charge in [0.1, 0.15) is 0 Å². The van der Waals surface area contributed by atoms with Gasteiger partial charge in [-0.1, -0.05) is 0 Å². The topological polar surface area (TPSA) is 66.1 Å². The first kappa shape index (κ1) is 11.2. The number of hydrazone groups is 1. The van der Waals surface area contributed by atoms with Crippen molar-refractivity contribution >= 4 is 6.21 Å². The predicted molar refractivity (Wildman–Crippen MR) is 57.9 cm³/mol. The van der Waals surface area contributed by atoms with Crippen molar-refractivity contribution in [1.29, 1.82) is 0 Å². The molecule has 0 bridgehead atoms. The van der Waals surface area contributed by atoms with Crippen LogP contribution in [0.3, 0.4) is 0 Å². The molecule has 5 nitrogen and oxygen atoms in total. The van der Waals surface area contributed by atoms with E-state index in [1.54, 1.807) is 33.5 Å². The number of hydrogen-bond acceptors (Lipinski definition) is 5. The van der Waals surface area contributed by atoms with Crippen molar-refractivity contribution in [3.63, 3.8) is 0 Å². The number of methoxy groups -OCH3 is 3. The highest BCUT2D eigenvalue weighted by Crippen LogP contribution is 2.38. The molecule has 0 aliphatic heterocycles. The van der Waals surface area contributed by atoms with E-state index in [4.69, 9.17) is 20.1 Å². The molecule has 15 heavy (non-hydrogen) atoms. The van der Waals surface area contributed by atoms with Crippen LogP contribution >= 0.6 is 0 Å². The van der Waals surface area contributed by atoms with E-state index < -0.39 is 0 Å². The summed E-state index contributed by atoms with van der Waals surface area (Å²) in [6.45, 7) is 0. The number of hydrogen-bond donors (Lipinski definition) is 1. The predicted octanol–water partition coefficient (Wildman–Crippen LogP) is 1.00. The molecule has 0 unspecified atom stereocenters. The van der Waals surface area contributed by atoms with E-state index in [2.05, 4.69) is 5.10 Å². The van der Waals surface area contributed by atoms with Gasteiger partial charge in [0, 0.05) is 5.56 Å². The Kier molecular flexibility index (Phi) is 3.79. The molecule has 0 amide bonds. The van der Waals surface area contributed by atoms with Gasteiger partial charge < -0.3 is 20.1 Å². The molecule has 0 heterocycles. The Bertz CT molecular complexity index is 364. The molecule has 0 saturated heterocycles. The number of benzene rings is 1. The van der Waals surface area contributed by atoms with Crippen LogP contribution in [-0.2, 0) is 0 Å². The molecule has 0 fully saturated rings. The largest absolute Gasteiger partial charge is 0.493 e. The number of nitrogens with two attached hydrogens (primary N) is 1. The zero-order valence-electron chi connectivity index (χ0n) is 8.98. The van der Waals surface area contributed by atoms with Crippen LogP contribution in [0.1, 0.15) is 5.56 Å². The summed E-state index contributed by atoms with van der Waals surface area (Å²) < 4.78 is 15.5. The molecule has 1 rings (SSSR count). The standard InChI is InChI=1S/C10H14N2O3/c1-13-8-5-4-7(6-12-11)9(14-2)10(8)15-3/h4-6H,11H2,1-3H3. The molecular weight excluding hydrogens is 196 g/mol. The van der Waals surface area contributed by atoms with Gasteiger partial charge in [-0.05, 0) is 12.1 Å². The second-order valence-corrected chi connectivity index (χ2v) is 2.70. The van der Waals surface area contributed by atoms with E-state index in [1.165, 1.54) is 6.21 Å². The first-order chi connectivity index (χ1) is 7.28. The Hall–Kier alpha value is -1.91. The number of rotatable bonds is 4. The minimum absolute atomic E-state index is 0.525. The van der Waals surface area contributed by atoms with Gasteiger partial charge in [0.15, 0.2) is 11.5 Å². The highest BCUT2D eigenvalue weighted by atomic mass is 16.5. The smallest absolute Gasteiger partial charge is 0.203 e. The number of nitrogens with zero attached hydrogens (tertiary/aromatic N) is 1. The molecule has 0 atom stereocenters. The maximum atomic E-state index is 5.21. The highest BCUT2D eigenvalue weighted by molar-refractivity contribution is 5.85. The van der Waals surface area contributed by atoms with Crippen molar-refractivity contribution in [2.45, 2.75) is 0 Å². The summed E-state index contributed by atoms with van der Waals surface area (Å²) in [7, 11) is 4.66. The van der Waals surface area contributed by atoms with Crippen LogP contribution < -0.4 is 20.1 Å². The van der Waals surface area contributed by atoms with E-state index >= 15 is 0 Å². The van der Waals surface area contributed by atoms with Crippen LogP contribution in [0.4, 0.5) is 0 Å². The van der Waals surface area contributed by atoms with Gasteiger partial charge in [-0.2, -0.15) is 5.10 Å². The molecule has 0 aliphatic carbocycles. The fraction of sp³-hybridized carbons (Fsp3) is 0.300. The summed E-state index contributed by atoms with van der Waals surface area (Å²) in [4.78, 5) is 0. The zero-order chi connectivity index (χ0) is 11.3. The third-order valence-corrected chi connectivity index (χ3v) is 1.95. The van der Waals surface area contributed by atoms with E-state index in [1.807, 2.05) is 0 Å². The molecular formula is C10H14N2O3. The second kappa shape index (κ2) is 5.09. The maximum absolute atomic E-state index is 5.21. The van der Waals surface area contributed by atoms with E-state index in [9.17, 15) is 0 Å². The Balaban J connectivity index is 3.33. The van der Waals surface area contributed by atoms with Crippen LogP contribution in [0.5, 0.6) is 17.2 Å². The summed E-state index contributed by atoms with van der Waals surface area (Å²) in [5.41, 5.74) is 0.734. The van der Waals surface area contributed by atoms with Crippen molar-refractivity contribution in [1.82, 2.24) is 0 Å². The third-order valence-electron chi connectivity index (χ3n) is 1.95. The van der Waals surface area contributed by atoms with Crippen molar-refractivity contribution in [2.75, 3.05) is 21.3 Å². The summed E-state index contributed by atoms with van der Waals surface area (Å²) >= 11 is 0. The molecule has 1 aromatic carbocycles. The van der Waals surface area contributed by atoms with Gasteiger partial charge >= 0.3 is 0 Å². The van der Waals surface area contributed by atoms with Crippen molar-refractivity contribution in [3.05, 3.63) is 17.7 Å². The lowest BCUT2D eigenvalue weighted by molar-refractivity contribution is 0.324. The van der Waals surface area contributed by atoms with Crippen molar-refractivity contribution < 1.29 is 14.2 Å². The molecule has 0 spiro atoms. The first-order valence-electron chi connectivity index (χ1n) is 4.30. The quantitative estimate of drug-likeness (QED) is 0.457. The molecule has 0 radical (unpaired) electrons. The highest BCUT2D eigenvalue weighted by Gasteiger charge is 2.14. The average molecular weight is 210 g/mol. The summed E-state index contributed by atoms with van der Waals surface area (Å²) in [6.07, 6.45) is 1.49. The second-order valence-electron chi connectivity index (χ2n) is 2.70. The lowest BCUT2D eigenvalue weighted by Gasteiger charge is -2.13. The molecule has 5 heteroatoms. The van der Waals surface area contributed by atoms with Gasteiger partial charge in [0.05, 0.1) is 27.5 Å². The Morgan fingerprint density at radius 2 is 1.73 bits per heavy atom. The number of ether oxygens (including phenoxy) is 3. The van der Waals surface area contributed by atoms with E-state index in [-0.39, 0.29) is 0 Å². The van der Waals surface area contributed by atoms with Crippen LogP contribution in [0.15, 0.2) is 17.2 Å². The minimum atomic E-state index is 0.525. The monoisotopic (exact) mass is 210 g/mol. The molecule has 82 valence electrons. The summed E-state index contributed by atoms with van der Waals surface area (Å²) in [6, 6.07) is 3.55. The molecule has 1 aromatic rings. The SMILES string of the molecule is COc1ccc(C=NN)c(OC)c1OC. The first-order valence-corrected chi connectivity index (χ1v) is 4.30. The van der Waals surface area contributed by atoms with Gasteiger partial charge in [0.25, 0.3) is 0 Å². The van der Waals surface area contributed by atoms with Crippen LogP contribution in [0.2, 0.25) is 0 Å². The van der Waals surface area contributed by atoms with Crippen LogP contribution in [-0.4, -0.2) is 27.5 Å². The lowest BCUT2D eigenvalue weighted by atomic mass is 10.2. The molecule has 0 saturated carbocycles. The average Bonchev–Trinajstić information content (AvgIpc) is 2.28. The molecule has 0 aliphatic rings. The van der Waals surface area contributed by atoms with Crippen molar-refractivity contribution in [3.8, 4) is 17.2 Å². The Labute approximate surface area is 88.4 Å². The maximum Gasteiger partial charge on any atom is 0.203 e. The van der Waals surface area contributed by atoms with E-state index in [0.29, 0.717) is 17.2 Å². The van der Waals surface area contributed by atoms with Gasteiger partial charge in [-0.15, -0.1) is 0 Å².